The number of hydrogen-bond acceptors (Lipinski definition) is 4. The molecule has 18 heavy (non-hydrogen) atoms. The molecule has 96 valence electrons. The van der Waals surface area contributed by atoms with Crippen LogP contribution in [0.15, 0.2) is 23.2 Å². The number of esters is 1. The van der Waals surface area contributed by atoms with Gasteiger partial charge in [-0.15, -0.1) is 0 Å². The molecule has 0 saturated heterocycles. The first kappa shape index (κ1) is 12.9. The van der Waals surface area contributed by atoms with E-state index in [9.17, 15) is 4.79 Å². The number of hydrogen-bond donors (Lipinski definition) is 0. The van der Waals surface area contributed by atoms with Crippen molar-refractivity contribution in [2.45, 2.75) is 26.0 Å². The van der Waals surface area contributed by atoms with Gasteiger partial charge in [0.1, 0.15) is 0 Å². The lowest BCUT2D eigenvalue weighted by Crippen LogP contribution is -2.26. The van der Waals surface area contributed by atoms with Crippen molar-refractivity contribution in [2.75, 3.05) is 6.61 Å². The van der Waals surface area contributed by atoms with Gasteiger partial charge in [-0.1, -0.05) is 23.7 Å². The summed E-state index contributed by atoms with van der Waals surface area (Å²) in [7, 11) is 0. The molecular formula is C13H14ClNO3. The first-order valence-corrected chi connectivity index (χ1v) is 6.11. The molecule has 0 N–H and O–H groups in total. The summed E-state index contributed by atoms with van der Waals surface area (Å²) in [6.45, 7) is 4.00. The fourth-order valence-electron chi connectivity index (χ4n) is 1.78. The van der Waals surface area contributed by atoms with Crippen LogP contribution in [0.3, 0.4) is 0 Å². The highest BCUT2D eigenvalue weighted by Crippen LogP contribution is 2.30. The van der Waals surface area contributed by atoms with Crippen molar-refractivity contribution >= 4 is 24.0 Å². The van der Waals surface area contributed by atoms with Crippen LogP contribution in [0.2, 0.25) is 5.02 Å². The molecule has 1 aliphatic heterocycles. The molecular weight excluding hydrogens is 254 g/mol. The van der Waals surface area contributed by atoms with Crippen molar-refractivity contribution in [3.05, 3.63) is 34.3 Å². The number of ether oxygens (including phenoxy) is 2. The van der Waals surface area contributed by atoms with Crippen molar-refractivity contribution < 1.29 is 14.3 Å². The number of halogens is 1. The maximum Gasteiger partial charge on any atom is 0.335 e. The summed E-state index contributed by atoms with van der Waals surface area (Å²) in [5.41, 5.74) is 1.80. The Bertz CT molecular complexity index is 487. The van der Waals surface area contributed by atoms with Gasteiger partial charge in [0.2, 0.25) is 0 Å². The normalized spacial score (nSPS) is 21.7. The number of carbonyl (C=O) groups is 1. The molecule has 2 atom stereocenters. The largest absolute Gasteiger partial charge is 0.473 e. The Kier molecular flexibility index (Phi) is 3.87. The van der Waals surface area contributed by atoms with E-state index >= 15 is 0 Å². The molecule has 0 amide bonds. The minimum Gasteiger partial charge on any atom is -0.473 e. The lowest BCUT2D eigenvalue weighted by molar-refractivity contribution is -0.146. The zero-order chi connectivity index (χ0) is 13.1. The van der Waals surface area contributed by atoms with Gasteiger partial charge in [-0.2, -0.15) is 0 Å². The molecule has 1 aromatic rings. The van der Waals surface area contributed by atoms with Gasteiger partial charge < -0.3 is 9.47 Å². The summed E-state index contributed by atoms with van der Waals surface area (Å²) < 4.78 is 10.3. The average Bonchev–Trinajstić information content (AvgIpc) is 2.82. The Morgan fingerprint density at radius 1 is 1.56 bits per heavy atom. The van der Waals surface area contributed by atoms with Crippen LogP contribution >= 0.6 is 11.6 Å². The lowest BCUT2D eigenvalue weighted by Gasteiger charge is -2.16. The second-order valence-electron chi connectivity index (χ2n) is 4.02. The maximum absolute atomic E-state index is 11.7. The Hall–Kier alpha value is -1.55. The second-order valence-corrected chi connectivity index (χ2v) is 4.42. The summed E-state index contributed by atoms with van der Waals surface area (Å²) in [4.78, 5) is 15.7. The van der Waals surface area contributed by atoms with E-state index in [1.54, 1.807) is 13.0 Å². The van der Waals surface area contributed by atoms with E-state index in [2.05, 4.69) is 4.99 Å². The average molecular weight is 268 g/mol. The van der Waals surface area contributed by atoms with Gasteiger partial charge in [-0.25, -0.2) is 9.79 Å². The summed E-state index contributed by atoms with van der Waals surface area (Å²) in [5, 5.41) is 0.644. The van der Waals surface area contributed by atoms with Gasteiger partial charge in [0, 0.05) is 5.02 Å². The molecule has 0 fully saturated rings. The van der Waals surface area contributed by atoms with Crippen LogP contribution in [0.25, 0.3) is 0 Å². The minimum atomic E-state index is -0.649. The first-order chi connectivity index (χ1) is 8.63. The maximum atomic E-state index is 11.7. The number of nitrogens with zero attached hydrogens (tertiary/aromatic N) is 1. The highest BCUT2D eigenvalue weighted by Gasteiger charge is 2.35. The quantitative estimate of drug-likeness (QED) is 0.791. The Balaban J connectivity index is 2.22. The van der Waals surface area contributed by atoms with Crippen molar-refractivity contribution in [3.63, 3.8) is 0 Å². The number of rotatable bonds is 3. The van der Waals surface area contributed by atoms with E-state index in [0.29, 0.717) is 11.6 Å². The molecule has 0 saturated carbocycles. The first-order valence-electron chi connectivity index (χ1n) is 5.73. The zero-order valence-corrected chi connectivity index (χ0v) is 11.0. The summed E-state index contributed by atoms with van der Waals surface area (Å²) in [6, 6.07) is 4.92. The molecule has 0 aromatic heterocycles. The second kappa shape index (κ2) is 5.40. The molecule has 4 nitrogen and oxygen atoms in total. The highest BCUT2D eigenvalue weighted by molar-refractivity contribution is 6.31. The molecule has 1 heterocycles. The number of aliphatic imine (C=N–C) groups is 1. The summed E-state index contributed by atoms with van der Waals surface area (Å²) >= 11 is 6.07. The molecule has 0 bridgehead atoms. The van der Waals surface area contributed by atoms with Crippen molar-refractivity contribution in [1.29, 1.82) is 0 Å². The van der Waals surface area contributed by atoms with Gasteiger partial charge >= 0.3 is 5.97 Å². The van der Waals surface area contributed by atoms with E-state index in [0.717, 1.165) is 11.1 Å². The van der Waals surface area contributed by atoms with Crippen LogP contribution < -0.4 is 0 Å². The van der Waals surface area contributed by atoms with Crippen molar-refractivity contribution in [3.8, 4) is 0 Å². The van der Waals surface area contributed by atoms with E-state index in [4.69, 9.17) is 21.1 Å². The van der Waals surface area contributed by atoms with Crippen LogP contribution in [-0.4, -0.2) is 25.0 Å². The number of benzene rings is 1. The molecule has 1 aliphatic rings. The standard InChI is InChI=1S/C13H14ClNO3/c1-3-17-13(16)11-12(18-7-15-11)9-5-4-8(2)10(14)6-9/h4-7,11-12H,3H2,1-2H3. The zero-order valence-electron chi connectivity index (χ0n) is 10.2. The lowest BCUT2D eigenvalue weighted by atomic mass is 10.0. The van der Waals surface area contributed by atoms with E-state index in [1.807, 2.05) is 19.1 Å². The fourth-order valence-corrected chi connectivity index (χ4v) is 1.97. The van der Waals surface area contributed by atoms with Crippen LogP contribution in [0, 0.1) is 6.92 Å². The predicted molar refractivity (Wildman–Crippen MR) is 68.9 cm³/mol. The molecule has 1 aromatic carbocycles. The molecule has 0 radical (unpaired) electrons. The minimum absolute atomic E-state index is 0.326. The topological polar surface area (TPSA) is 47.9 Å². The monoisotopic (exact) mass is 267 g/mol. The molecule has 2 unspecified atom stereocenters. The Labute approximate surface area is 111 Å². The van der Waals surface area contributed by atoms with Crippen LogP contribution in [0.4, 0.5) is 0 Å². The van der Waals surface area contributed by atoms with Crippen LogP contribution in [0.5, 0.6) is 0 Å². The Morgan fingerprint density at radius 2 is 2.33 bits per heavy atom. The highest BCUT2D eigenvalue weighted by atomic mass is 35.5. The van der Waals surface area contributed by atoms with E-state index in [1.165, 1.54) is 6.40 Å². The fraction of sp³-hybridized carbons (Fsp3) is 0.385. The number of carbonyl (C=O) groups excluding carboxylic acids is 1. The third-order valence-electron chi connectivity index (χ3n) is 2.77. The van der Waals surface area contributed by atoms with E-state index in [-0.39, 0.29) is 5.97 Å². The molecule has 0 spiro atoms. The summed E-state index contributed by atoms with van der Waals surface area (Å²) in [5.74, 6) is -0.382. The van der Waals surface area contributed by atoms with Gasteiger partial charge in [0.25, 0.3) is 0 Å². The SMILES string of the molecule is CCOC(=O)C1N=COC1c1ccc(C)c(Cl)c1. The van der Waals surface area contributed by atoms with Crippen molar-refractivity contribution in [1.82, 2.24) is 0 Å². The van der Waals surface area contributed by atoms with Gasteiger partial charge in [0.05, 0.1) is 6.61 Å². The molecule has 2 rings (SSSR count). The smallest absolute Gasteiger partial charge is 0.335 e. The van der Waals surface area contributed by atoms with Crippen molar-refractivity contribution in [2.24, 2.45) is 4.99 Å². The number of aryl methyl sites for hydroxylation is 1. The van der Waals surface area contributed by atoms with Crippen LogP contribution in [-0.2, 0) is 14.3 Å². The van der Waals surface area contributed by atoms with Gasteiger partial charge in [0.15, 0.2) is 18.5 Å². The predicted octanol–water partition coefficient (Wildman–Crippen LogP) is 2.68. The third-order valence-corrected chi connectivity index (χ3v) is 3.18. The molecule has 0 aliphatic carbocycles. The third kappa shape index (κ3) is 2.48. The van der Waals surface area contributed by atoms with Gasteiger partial charge in [-0.05, 0) is 31.0 Å². The Morgan fingerprint density at radius 3 is 3.00 bits per heavy atom. The van der Waals surface area contributed by atoms with E-state index < -0.39 is 12.1 Å². The van der Waals surface area contributed by atoms with Gasteiger partial charge in [-0.3, -0.25) is 0 Å². The van der Waals surface area contributed by atoms with Crippen LogP contribution in [0.1, 0.15) is 24.2 Å². The molecule has 5 heteroatoms. The summed E-state index contributed by atoms with van der Waals surface area (Å²) in [6.07, 6.45) is 0.835.